The van der Waals surface area contributed by atoms with Gasteiger partial charge >= 0.3 is 6.18 Å². The zero-order valence-corrected chi connectivity index (χ0v) is 17.3. The molecule has 2 aromatic carbocycles. The van der Waals surface area contributed by atoms with E-state index in [1.54, 1.807) is 19.2 Å². The minimum absolute atomic E-state index is 0.126. The number of nitrogens with zero attached hydrogens (tertiary/aromatic N) is 5. The van der Waals surface area contributed by atoms with E-state index in [0.29, 0.717) is 17.0 Å². The number of alkyl halides is 3. The van der Waals surface area contributed by atoms with Crippen LogP contribution < -0.4 is 4.74 Å². The Labute approximate surface area is 178 Å². The third kappa shape index (κ3) is 4.56. The van der Waals surface area contributed by atoms with Gasteiger partial charge in [0.2, 0.25) is 0 Å². The van der Waals surface area contributed by atoms with Gasteiger partial charge in [0.25, 0.3) is 5.82 Å². The largest absolute Gasteiger partial charge is 0.496 e. The number of methoxy groups -OCH3 is 1. The highest BCUT2D eigenvalue weighted by atomic mass is 19.4. The summed E-state index contributed by atoms with van der Waals surface area (Å²) in [7, 11) is 1.55. The summed E-state index contributed by atoms with van der Waals surface area (Å²) in [6, 6.07) is 13.4. The van der Waals surface area contributed by atoms with Gasteiger partial charge in [-0.15, -0.1) is 5.10 Å². The molecular formula is C22H23F3N5O. The van der Waals surface area contributed by atoms with E-state index in [0.717, 1.165) is 24.9 Å². The van der Waals surface area contributed by atoms with Crippen molar-refractivity contribution in [2.24, 2.45) is 0 Å². The number of aromatic nitrogens is 4. The number of hydrogen-bond acceptors (Lipinski definition) is 5. The van der Waals surface area contributed by atoms with Crippen LogP contribution in [0.15, 0.2) is 42.5 Å². The Morgan fingerprint density at radius 2 is 1.90 bits per heavy atom. The lowest BCUT2D eigenvalue weighted by Crippen LogP contribution is -2.33. The quantitative estimate of drug-likeness (QED) is 0.595. The van der Waals surface area contributed by atoms with Crippen LogP contribution in [0.1, 0.15) is 41.4 Å². The molecule has 6 nitrogen and oxygen atoms in total. The number of piperidine rings is 1. The van der Waals surface area contributed by atoms with E-state index in [-0.39, 0.29) is 11.7 Å². The molecule has 0 N–H and O–H groups in total. The highest BCUT2D eigenvalue weighted by molar-refractivity contribution is 5.44. The molecule has 1 saturated heterocycles. The smallest absolute Gasteiger partial charge is 0.453 e. The van der Waals surface area contributed by atoms with Gasteiger partial charge in [0, 0.05) is 18.2 Å². The average molecular weight is 430 g/mol. The summed E-state index contributed by atoms with van der Waals surface area (Å²) in [5, 5.41) is 9.89. The topological polar surface area (TPSA) is 56.1 Å². The van der Waals surface area contributed by atoms with E-state index in [9.17, 15) is 13.2 Å². The van der Waals surface area contributed by atoms with Crippen LogP contribution in [0, 0.1) is 13.3 Å². The Balaban J connectivity index is 1.66. The van der Waals surface area contributed by atoms with Gasteiger partial charge < -0.3 is 4.74 Å². The molecule has 2 heterocycles. The lowest BCUT2D eigenvalue weighted by atomic mass is 9.94. The van der Waals surface area contributed by atoms with Crippen molar-refractivity contribution in [1.29, 1.82) is 0 Å². The zero-order chi connectivity index (χ0) is 22.0. The van der Waals surface area contributed by atoms with Crippen molar-refractivity contribution < 1.29 is 17.9 Å². The number of hydrogen-bond donors (Lipinski definition) is 0. The fraction of sp³-hybridized carbons (Fsp3) is 0.364. The second-order valence-corrected chi connectivity index (χ2v) is 7.61. The summed E-state index contributed by atoms with van der Waals surface area (Å²) in [5.41, 5.74) is 3.40. The third-order valence-electron chi connectivity index (χ3n) is 5.46. The van der Waals surface area contributed by atoms with Gasteiger partial charge in [0.1, 0.15) is 5.75 Å². The Bertz CT molecular complexity index is 1030. The molecule has 163 valence electrons. The molecule has 0 aliphatic carbocycles. The number of benzene rings is 2. The van der Waals surface area contributed by atoms with Crippen molar-refractivity contribution in [2.75, 3.05) is 13.7 Å². The van der Waals surface area contributed by atoms with Crippen molar-refractivity contribution in [1.82, 2.24) is 25.1 Å². The summed E-state index contributed by atoms with van der Waals surface area (Å²) in [4.78, 5) is 2.31. The fourth-order valence-corrected chi connectivity index (χ4v) is 3.92. The monoisotopic (exact) mass is 430 g/mol. The predicted molar refractivity (Wildman–Crippen MR) is 109 cm³/mol. The maximum atomic E-state index is 13.3. The summed E-state index contributed by atoms with van der Waals surface area (Å²) < 4.78 is 46.0. The Morgan fingerprint density at radius 3 is 2.61 bits per heavy atom. The molecule has 1 fully saturated rings. The summed E-state index contributed by atoms with van der Waals surface area (Å²) in [5.74, 6) is -0.550. The van der Waals surface area contributed by atoms with E-state index < -0.39 is 12.0 Å². The summed E-state index contributed by atoms with van der Waals surface area (Å²) in [6.07, 6.45) is -0.322. The van der Waals surface area contributed by atoms with Gasteiger partial charge in [-0.2, -0.15) is 17.9 Å². The first kappa shape index (κ1) is 21.3. The first-order valence-corrected chi connectivity index (χ1v) is 10.0. The molecule has 0 saturated carbocycles. The summed E-state index contributed by atoms with van der Waals surface area (Å²) >= 11 is 0. The van der Waals surface area contributed by atoms with E-state index in [2.05, 4.69) is 58.0 Å². The number of aryl methyl sites for hydroxylation is 1. The Kier molecular flexibility index (Phi) is 5.95. The molecule has 0 amide bonds. The second-order valence-electron chi connectivity index (χ2n) is 7.61. The molecule has 1 aliphatic heterocycles. The highest BCUT2D eigenvalue weighted by Crippen LogP contribution is 2.34. The minimum Gasteiger partial charge on any atom is -0.496 e. The van der Waals surface area contributed by atoms with Gasteiger partial charge in [-0.1, -0.05) is 29.8 Å². The van der Waals surface area contributed by atoms with E-state index in [4.69, 9.17) is 4.74 Å². The molecule has 0 spiro atoms. The Hall–Kier alpha value is -2.94. The zero-order valence-electron chi connectivity index (χ0n) is 17.3. The van der Waals surface area contributed by atoms with Gasteiger partial charge in [-0.3, -0.25) is 4.90 Å². The van der Waals surface area contributed by atoms with Crippen LogP contribution in [0.3, 0.4) is 0 Å². The molecule has 4 rings (SSSR count). The molecule has 9 heteroatoms. The van der Waals surface area contributed by atoms with Gasteiger partial charge in [-0.25, -0.2) is 0 Å². The maximum absolute atomic E-state index is 13.3. The van der Waals surface area contributed by atoms with Crippen molar-refractivity contribution in [2.45, 2.75) is 38.5 Å². The first-order valence-electron chi connectivity index (χ1n) is 10.0. The number of ether oxygens (including phenoxy) is 1. The molecule has 1 aromatic heterocycles. The molecule has 1 atom stereocenters. The SMILES string of the molecule is COc1ccc(-n2nnnc2C(F)(F)F)cc1CN1CCC[CH]C1c1ccc(C)cc1. The van der Waals surface area contributed by atoms with Crippen LogP contribution in [-0.4, -0.2) is 38.8 Å². The average Bonchev–Trinajstić information content (AvgIpc) is 3.25. The second kappa shape index (κ2) is 8.66. The lowest BCUT2D eigenvalue weighted by Gasteiger charge is -2.36. The lowest BCUT2D eigenvalue weighted by molar-refractivity contribution is -0.146. The van der Waals surface area contributed by atoms with Crippen molar-refractivity contribution in [3.8, 4) is 11.4 Å². The fourth-order valence-electron chi connectivity index (χ4n) is 3.92. The van der Waals surface area contributed by atoms with E-state index in [1.807, 2.05) is 0 Å². The van der Waals surface area contributed by atoms with Crippen molar-refractivity contribution in [3.63, 3.8) is 0 Å². The van der Waals surface area contributed by atoms with Crippen LogP contribution in [0.2, 0.25) is 0 Å². The van der Waals surface area contributed by atoms with Crippen molar-refractivity contribution in [3.05, 3.63) is 71.4 Å². The maximum Gasteiger partial charge on any atom is 0.453 e. The first-order chi connectivity index (χ1) is 14.9. The number of halogens is 3. The summed E-state index contributed by atoms with van der Waals surface area (Å²) in [6.45, 7) is 3.45. The van der Waals surface area contributed by atoms with Crippen LogP contribution in [0.5, 0.6) is 5.75 Å². The third-order valence-corrected chi connectivity index (χ3v) is 5.46. The number of rotatable bonds is 5. The molecule has 1 unspecified atom stereocenters. The number of tetrazole rings is 1. The minimum atomic E-state index is -4.65. The molecule has 0 bridgehead atoms. The standard InChI is InChI=1S/C22H23F3N5O/c1-15-6-8-16(9-7-15)19-5-3-4-12-29(19)14-17-13-18(10-11-20(17)31-2)30-21(22(23,24)25)26-27-28-30/h5-11,13,19H,3-4,12,14H2,1-2H3. The highest BCUT2D eigenvalue weighted by Gasteiger charge is 2.38. The predicted octanol–water partition coefficient (Wildman–Crippen LogP) is 4.54. The van der Waals surface area contributed by atoms with E-state index >= 15 is 0 Å². The molecule has 1 aliphatic rings. The van der Waals surface area contributed by atoms with Gasteiger partial charge in [-0.05, 0) is 66.9 Å². The number of likely N-dealkylation sites (tertiary alicyclic amines) is 1. The molecule has 1 radical (unpaired) electrons. The normalized spacial score (nSPS) is 17.6. The molecule has 31 heavy (non-hydrogen) atoms. The van der Waals surface area contributed by atoms with E-state index in [1.165, 1.54) is 17.2 Å². The van der Waals surface area contributed by atoms with Crippen LogP contribution in [0.25, 0.3) is 5.69 Å². The Morgan fingerprint density at radius 1 is 1.13 bits per heavy atom. The van der Waals surface area contributed by atoms with Crippen LogP contribution in [0.4, 0.5) is 13.2 Å². The van der Waals surface area contributed by atoms with Gasteiger partial charge in [0.05, 0.1) is 12.8 Å². The molecule has 3 aromatic rings. The van der Waals surface area contributed by atoms with Gasteiger partial charge in [0.15, 0.2) is 0 Å². The molecular weight excluding hydrogens is 407 g/mol. The van der Waals surface area contributed by atoms with Crippen LogP contribution in [-0.2, 0) is 12.7 Å². The van der Waals surface area contributed by atoms with Crippen LogP contribution >= 0.6 is 0 Å². The van der Waals surface area contributed by atoms with Crippen molar-refractivity contribution >= 4 is 0 Å².